The SMILES string of the molecule is CC(=O)C(C#N)(Cc1ccc(Cl)s1)c1ccccc1. The molecule has 2 aromatic rings. The Morgan fingerprint density at radius 3 is 2.47 bits per heavy atom. The Morgan fingerprint density at radius 1 is 1.32 bits per heavy atom. The van der Waals surface area contributed by atoms with E-state index in [-0.39, 0.29) is 5.78 Å². The van der Waals surface area contributed by atoms with Crippen LogP contribution in [0, 0.1) is 11.3 Å². The lowest BCUT2D eigenvalue weighted by Gasteiger charge is -2.23. The van der Waals surface area contributed by atoms with Gasteiger partial charge in [-0.3, -0.25) is 4.79 Å². The second-order valence-electron chi connectivity index (χ2n) is 4.32. The van der Waals surface area contributed by atoms with E-state index in [1.807, 2.05) is 36.4 Å². The fourth-order valence-corrected chi connectivity index (χ4v) is 3.21. The number of Topliss-reactive ketones (excluding diaryl/α,β-unsaturated/α-hetero) is 1. The first-order valence-corrected chi connectivity index (χ1v) is 7.00. The van der Waals surface area contributed by atoms with Crippen molar-refractivity contribution in [2.24, 2.45) is 0 Å². The molecule has 1 atom stereocenters. The maximum atomic E-state index is 12.1. The first-order chi connectivity index (χ1) is 9.08. The highest BCUT2D eigenvalue weighted by molar-refractivity contribution is 7.16. The summed E-state index contributed by atoms with van der Waals surface area (Å²) in [5.41, 5.74) is -0.398. The van der Waals surface area contributed by atoms with Crippen LogP contribution in [0.2, 0.25) is 4.34 Å². The van der Waals surface area contributed by atoms with Gasteiger partial charge in [-0.15, -0.1) is 11.3 Å². The van der Waals surface area contributed by atoms with E-state index in [2.05, 4.69) is 6.07 Å². The lowest BCUT2D eigenvalue weighted by molar-refractivity contribution is -0.120. The summed E-state index contributed by atoms with van der Waals surface area (Å²) in [5, 5.41) is 9.57. The number of nitrogens with zero attached hydrogens (tertiary/aromatic N) is 1. The van der Waals surface area contributed by atoms with Gasteiger partial charge in [-0.25, -0.2) is 0 Å². The van der Waals surface area contributed by atoms with Gasteiger partial charge in [-0.2, -0.15) is 5.26 Å². The standard InChI is InChI=1S/C15H12ClNOS/c1-11(18)15(10-17,12-5-3-2-4-6-12)9-13-7-8-14(16)19-13/h2-8H,9H2,1H3. The molecule has 0 fully saturated rings. The van der Waals surface area contributed by atoms with Crippen LogP contribution in [0.4, 0.5) is 0 Å². The molecule has 2 rings (SSSR count). The van der Waals surface area contributed by atoms with Crippen molar-refractivity contribution in [3.8, 4) is 6.07 Å². The van der Waals surface area contributed by atoms with Crippen LogP contribution in [0.15, 0.2) is 42.5 Å². The minimum absolute atomic E-state index is 0.147. The van der Waals surface area contributed by atoms with Crippen LogP contribution in [0.5, 0.6) is 0 Å². The summed E-state index contributed by atoms with van der Waals surface area (Å²) in [5.74, 6) is -0.147. The van der Waals surface area contributed by atoms with Crippen molar-refractivity contribution in [2.75, 3.05) is 0 Å². The summed E-state index contributed by atoms with van der Waals surface area (Å²) in [6.45, 7) is 1.46. The number of carbonyl (C=O) groups is 1. The molecular weight excluding hydrogens is 278 g/mol. The number of benzene rings is 1. The van der Waals surface area contributed by atoms with Crippen molar-refractivity contribution in [3.63, 3.8) is 0 Å². The fourth-order valence-electron chi connectivity index (χ4n) is 2.04. The summed E-state index contributed by atoms with van der Waals surface area (Å²) < 4.78 is 0.665. The van der Waals surface area contributed by atoms with Gasteiger partial charge >= 0.3 is 0 Å². The molecule has 4 heteroatoms. The first-order valence-electron chi connectivity index (χ1n) is 5.80. The van der Waals surface area contributed by atoms with Crippen LogP contribution >= 0.6 is 22.9 Å². The van der Waals surface area contributed by atoms with E-state index in [0.29, 0.717) is 10.8 Å². The third-order valence-corrected chi connectivity index (χ3v) is 4.36. The monoisotopic (exact) mass is 289 g/mol. The molecule has 1 unspecified atom stereocenters. The summed E-state index contributed by atoms with van der Waals surface area (Å²) >= 11 is 7.31. The van der Waals surface area contributed by atoms with Gasteiger partial charge in [0.05, 0.1) is 10.4 Å². The number of thiophene rings is 1. The van der Waals surface area contributed by atoms with E-state index in [4.69, 9.17) is 11.6 Å². The van der Waals surface area contributed by atoms with Crippen LogP contribution in [0.25, 0.3) is 0 Å². The molecule has 1 heterocycles. The number of hydrogen-bond donors (Lipinski definition) is 0. The predicted octanol–water partition coefficient (Wildman–Crippen LogP) is 3.99. The highest BCUT2D eigenvalue weighted by Gasteiger charge is 2.38. The predicted molar refractivity (Wildman–Crippen MR) is 77.4 cm³/mol. The van der Waals surface area contributed by atoms with Gasteiger partial charge in [0.2, 0.25) is 0 Å². The van der Waals surface area contributed by atoms with Crippen LogP contribution in [-0.2, 0) is 16.6 Å². The van der Waals surface area contributed by atoms with Crippen molar-refractivity contribution in [1.82, 2.24) is 0 Å². The Morgan fingerprint density at radius 2 is 2.00 bits per heavy atom. The fraction of sp³-hybridized carbons (Fsp3) is 0.200. The molecule has 0 spiro atoms. The topological polar surface area (TPSA) is 40.9 Å². The Bertz CT molecular complexity index is 629. The van der Waals surface area contributed by atoms with E-state index in [1.165, 1.54) is 18.3 Å². The van der Waals surface area contributed by atoms with Gasteiger partial charge in [0.15, 0.2) is 5.78 Å². The maximum Gasteiger partial charge on any atom is 0.154 e. The molecule has 2 nitrogen and oxygen atoms in total. The molecule has 0 aliphatic rings. The van der Waals surface area contributed by atoms with E-state index in [9.17, 15) is 10.1 Å². The third-order valence-electron chi connectivity index (χ3n) is 3.13. The molecule has 0 aliphatic carbocycles. The molecule has 0 saturated heterocycles. The first kappa shape index (κ1) is 13.8. The van der Waals surface area contributed by atoms with Crippen LogP contribution in [0.3, 0.4) is 0 Å². The maximum absolute atomic E-state index is 12.1. The third kappa shape index (κ3) is 2.70. The lowest BCUT2D eigenvalue weighted by Crippen LogP contribution is -2.34. The quantitative estimate of drug-likeness (QED) is 0.854. The Kier molecular flexibility index (Phi) is 4.04. The number of nitriles is 1. The largest absolute Gasteiger partial charge is 0.298 e. The van der Waals surface area contributed by atoms with Gasteiger partial charge in [-0.05, 0) is 24.6 Å². The summed E-state index contributed by atoms with van der Waals surface area (Å²) in [6.07, 6.45) is 0.361. The molecule has 0 radical (unpaired) electrons. The highest BCUT2D eigenvalue weighted by atomic mass is 35.5. The van der Waals surface area contributed by atoms with Crippen LogP contribution < -0.4 is 0 Å². The molecule has 0 saturated carbocycles. The zero-order chi connectivity index (χ0) is 13.9. The zero-order valence-corrected chi connectivity index (χ0v) is 12.0. The Hall–Kier alpha value is -1.63. The van der Waals surface area contributed by atoms with E-state index in [0.717, 1.165) is 10.4 Å². The molecule has 0 N–H and O–H groups in total. The minimum Gasteiger partial charge on any atom is -0.298 e. The second-order valence-corrected chi connectivity index (χ2v) is 6.12. The van der Waals surface area contributed by atoms with E-state index in [1.54, 1.807) is 6.07 Å². The average Bonchev–Trinajstić information content (AvgIpc) is 2.82. The second kappa shape index (κ2) is 5.56. The Balaban J connectivity index is 2.47. The molecular formula is C15H12ClNOS. The van der Waals surface area contributed by atoms with Gasteiger partial charge in [0, 0.05) is 11.3 Å². The summed E-state index contributed by atoms with van der Waals surface area (Å²) in [7, 11) is 0. The van der Waals surface area contributed by atoms with Gasteiger partial charge in [0.1, 0.15) is 5.41 Å². The molecule has 0 aliphatic heterocycles. The summed E-state index contributed by atoms with van der Waals surface area (Å²) in [6, 6.07) is 15.0. The van der Waals surface area contributed by atoms with Crippen molar-refractivity contribution in [2.45, 2.75) is 18.8 Å². The van der Waals surface area contributed by atoms with Crippen LogP contribution in [-0.4, -0.2) is 5.78 Å². The molecule has 96 valence electrons. The molecule has 0 amide bonds. The van der Waals surface area contributed by atoms with Crippen molar-refractivity contribution < 1.29 is 4.79 Å². The number of rotatable bonds is 4. The van der Waals surface area contributed by atoms with E-state index < -0.39 is 5.41 Å². The molecule has 0 bridgehead atoms. The van der Waals surface area contributed by atoms with Gasteiger partial charge < -0.3 is 0 Å². The number of ketones is 1. The average molecular weight is 290 g/mol. The molecule has 19 heavy (non-hydrogen) atoms. The lowest BCUT2D eigenvalue weighted by atomic mass is 9.75. The number of halogens is 1. The smallest absolute Gasteiger partial charge is 0.154 e. The number of carbonyl (C=O) groups excluding carboxylic acids is 1. The van der Waals surface area contributed by atoms with Crippen LogP contribution in [0.1, 0.15) is 17.4 Å². The van der Waals surface area contributed by atoms with Gasteiger partial charge in [0.25, 0.3) is 0 Å². The number of hydrogen-bond acceptors (Lipinski definition) is 3. The minimum atomic E-state index is -1.13. The zero-order valence-electron chi connectivity index (χ0n) is 10.4. The van der Waals surface area contributed by atoms with Gasteiger partial charge in [-0.1, -0.05) is 41.9 Å². The van der Waals surface area contributed by atoms with Crippen molar-refractivity contribution >= 4 is 28.7 Å². The van der Waals surface area contributed by atoms with Crippen molar-refractivity contribution in [3.05, 3.63) is 57.2 Å². The van der Waals surface area contributed by atoms with Crippen molar-refractivity contribution in [1.29, 1.82) is 5.26 Å². The Labute approximate surface area is 121 Å². The molecule has 1 aromatic heterocycles. The van der Waals surface area contributed by atoms with E-state index >= 15 is 0 Å². The highest BCUT2D eigenvalue weighted by Crippen LogP contribution is 2.33. The summed E-state index contributed by atoms with van der Waals surface area (Å²) in [4.78, 5) is 13.0. The molecule has 1 aromatic carbocycles. The normalized spacial score (nSPS) is 13.5.